The number of fused-ring (bicyclic) bond motifs is 1. The highest BCUT2D eigenvalue weighted by molar-refractivity contribution is 7.99. The fourth-order valence-electron chi connectivity index (χ4n) is 1.81. The minimum absolute atomic E-state index is 0.0476. The van der Waals surface area contributed by atoms with Crippen molar-refractivity contribution in [2.24, 2.45) is 0 Å². The van der Waals surface area contributed by atoms with Crippen molar-refractivity contribution in [1.82, 2.24) is 19.9 Å². The Bertz CT molecular complexity index is 550. The summed E-state index contributed by atoms with van der Waals surface area (Å²) in [5.41, 5.74) is 0.797. The van der Waals surface area contributed by atoms with E-state index in [1.807, 2.05) is 28.8 Å². The topological polar surface area (TPSA) is 59.3 Å². The molecule has 6 heteroatoms. The van der Waals surface area contributed by atoms with Gasteiger partial charge >= 0.3 is 0 Å². The quantitative estimate of drug-likeness (QED) is 0.822. The van der Waals surface area contributed by atoms with Gasteiger partial charge in [0.05, 0.1) is 5.75 Å². The molecule has 0 spiro atoms. The lowest BCUT2D eigenvalue weighted by Gasteiger charge is -2.13. The lowest BCUT2D eigenvalue weighted by molar-refractivity contribution is -0.119. The summed E-state index contributed by atoms with van der Waals surface area (Å²) >= 11 is 1.40. The zero-order valence-corrected chi connectivity index (χ0v) is 12.0. The van der Waals surface area contributed by atoms with Crippen molar-refractivity contribution in [2.75, 3.05) is 5.75 Å². The lowest BCUT2D eigenvalue weighted by Crippen LogP contribution is -2.35. The fraction of sp³-hybridized carbons (Fsp3) is 0.462. The van der Waals surface area contributed by atoms with Crippen molar-refractivity contribution < 1.29 is 4.79 Å². The van der Waals surface area contributed by atoms with Gasteiger partial charge in [0.15, 0.2) is 10.8 Å². The molecule has 5 nitrogen and oxygen atoms in total. The molecule has 0 aliphatic heterocycles. The normalized spacial score (nSPS) is 11.1. The van der Waals surface area contributed by atoms with E-state index in [2.05, 4.69) is 29.4 Å². The third-order valence-corrected chi connectivity index (χ3v) is 3.91. The number of thioether (sulfide) groups is 1. The highest BCUT2D eigenvalue weighted by Gasteiger charge is 2.11. The summed E-state index contributed by atoms with van der Waals surface area (Å²) in [7, 11) is 0. The summed E-state index contributed by atoms with van der Waals surface area (Å²) in [6.07, 6.45) is 3.82. The number of pyridine rings is 1. The van der Waals surface area contributed by atoms with Crippen LogP contribution in [0.15, 0.2) is 29.6 Å². The number of carbonyl (C=O) groups is 1. The molecule has 102 valence electrons. The number of amides is 1. The summed E-state index contributed by atoms with van der Waals surface area (Å²) in [5, 5.41) is 11.9. The molecule has 0 aliphatic carbocycles. The molecule has 19 heavy (non-hydrogen) atoms. The molecule has 1 N–H and O–H groups in total. The average Bonchev–Trinajstić information content (AvgIpc) is 2.86. The monoisotopic (exact) mass is 278 g/mol. The molecule has 0 radical (unpaired) electrons. The SMILES string of the molecule is CCC(CC)NC(=O)CSc1nnc2ccccn12. The summed E-state index contributed by atoms with van der Waals surface area (Å²) in [4.78, 5) is 11.8. The molecule has 2 aromatic rings. The largest absolute Gasteiger partial charge is 0.353 e. The summed E-state index contributed by atoms with van der Waals surface area (Å²) in [6.45, 7) is 4.15. The third kappa shape index (κ3) is 3.47. The predicted molar refractivity (Wildman–Crippen MR) is 76.2 cm³/mol. The van der Waals surface area contributed by atoms with E-state index in [9.17, 15) is 4.79 Å². The van der Waals surface area contributed by atoms with Crippen LogP contribution in [0, 0.1) is 0 Å². The van der Waals surface area contributed by atoms with Gasteiger partial charge in [-0.2, -0.15) is 0 Å². The first-order valence-electron chi connectivity index (χ1n) is 6.46. The number of nitrogens with zero attached hydrogens (tertiary/aromatic N) is 3. The third-order valence-electron chi connectivity index (χ3n) is 2.97. The molecule has 0 aliphatic rings. The molecule has 0 saturated carbocycles. The number of rotatable bonds is 6. The smallest absolute Gasteiger partial charge is 0.230 e. The summed E-state index contributed by atoms with van der Waals surface area (Å²) < 4.78 is 1.88. The molecular formula is C13H18N4OS. The fourth-order valence-corrected chi connectivity index (χ4v) is 2.55. The van der Waals surface area contributed by atoms with E-state index in [0.717, 1.165) is 23.6 Å². The number of carbonyl (C=O) groups excluding carboxylic acids is 1. The van der Waals surface area contributed by atoms with E-state index < -0.39 is 0 Å². The highest BCUT2D eigenvalue weighted by Crippen LogP contribution is 2.16. The average molecular weight is 278 g/mol. The maximum atomic E-state index is 11.8. The van der Waals surface area contributed by atoms with Crippen molar-refractivity contribution in [3.8, 4) is 0 Å². The van der Waals surface area contributed by atoms with Gasteiger partial charge in [0.1, 0.15) is 0 Å². The van der Waals surface area contributed by atoms with Crippen LogP contribution in [0.2, 0.25) is 0 Å². The molecule has 2 rings (SSSR count). The van der Waals surface area contributed by atoms with Crippen molar-refractivity contribution in [3.05, 3.63) is 24.4 Å². The van der Waals surface area contributed by atoms with Gasteiger partial charge in [0.2, 0.25) is 5.91 Å². The van der Waals surface area contributed by atoms with Gasteiger partial charge in [-0.05, 0) is 25.0 Å². The van der Waals surface area contributed by atoms with Crippen molar-refractivity contribution in [3.63, 3.8) is 0 Å². The minimum atomic E-state index is 0.0476. The van der Waals surface area contributed by atoms with Crippen LogP contribution in [-0.4, -0.2) is 32.3 Å². The van der Waals surface area contributed by atoms with Crippen molar-refractivity contribution in [2.45, 2.75) is 37.9 Å². The van der Waals surface area contributed by atoms with E-state index in [4.69, 9.17) is 0 Å². The molecule has 0 bridgehead atoms. The van der Waals surface area contributed by atoms with Crippen LogP contribution in [0.1, 0.15) is 26.7 Å². The highest BCUT2D eigenvalue weighted by atomic mass is 32.2. The van der Waals surface area contributed by atoms with Gasteiger partial charge in [0.25, 0.3) is 0 Å². The Balaban J connectivity index is 1.93. The van der Waals surface area contributed by atoms with Gasteiger partial charge in [0, 0.05) is 12.2 Å². The molecule has 2 aromatic heterocycles. The van der Waals surface area contributed by atoms with Gasteiger partial charge in [-0.15, -0.1) is 10.2 Å². The maximum absolute atomic E-state index is 11.8. The summed E-state index contributed by atoms with van der Waals surface area (Å²) in [6, 6.07) is 5.99. The summed E-state index contributed by atoms with van der Waals surface area (Å²) in [5.74, 6) is 0.415. The van der Waals surface area contributed by atoms with E-state index in [-0.39, 0.29) is 11.9 Å². The first-order valence-corrected chi connectivity index (χ1v) is 7.45. The van der Waals surface area contributed by atoms with E-state index >= 15 is 0 Å². The standard InChI is InChI=1S/C13H18N4OS/c1-3-10(4-2)14-12(18)9-19-13-16-15-11-7-5-6-8-17(11)13/h5-8,10H,3-4,9H2,1-2H3,(H,14,18). The lowest BCUT2D eigenvalue weighted by atomic mass is 10.2. The first-order chi connectivity index (χ1) is 9.24. The molecule has 1 amide bonds. The van der Waals surface area contributed by atoms with Crippen LogP contribution < -0.4 is 5.32 Å². The van der Waals surface area contributed by atoms with Gasteiger partial charge < -0.3 is 5.32 Å². The maximum Gasteiger partial charge on any atom is 0.230 e. The van der Waals surface area contributed by atoms with Crippen molar-refractivity contribution in [1.29, 1.82) is 0 Å². The zero-order valence-electron chi connectivity index (χ0n) is 11.2. The van der Waals surface area contributed by atoms with Crippen LogP contribution in [0.4, 0.5) is 0 Å². The van der Waals surface area contributed by atoms with Crippen LogP contribution >= 0.6 is 11.8 Å². The molecule has 0 fully saturated rings. The Labute approximate surface area is 116 Å². The Hall–Kier alpha value is -1.56. The molecular weight excluding hydrogens is 260 g/mol. The number of hydrogen-bond donors (Lipinski definition) is 1. The zero-order chi connectivity index (χ0) is 13.7. The van der Waals surface area contributed by atoms with Crippen LogP contribution in [0.3, 0.4) is 0 Å². The molecule has 2 heterocycles. The van der Waals surface area contributed by atoms with Gasteiger partial charge in [-0.25, -0.2) is 0 Å². The van der Waals surface area contributed by atoms with E-state index in [1.54, 1.807) is 0 Å². The van der Waals surface area contributed by atoms with Crippen LogP contribution in [-0.2, 0) is 4.79 Å². The van der Waals surface area contributed by atoms with E-state index in [1.165, 1.54) is 11.8 Å². The van der Waals surface area contributed by atoms with Crippen molar-refractivity contribution >= 4 is 23.3 Å². The van der Waals surface area contributed by atoms with Gasteiger partial charge in [-0.1, -0.05) is 31.7 Å². The Morgan fingerprint density at radius 1 is 1.37 bits per heavy atom. The first kappa shape index (κ1) is 13.9. The Morgan fingerprint density at radius 2 is 2.16 bits per heavy atom. The number of aromatic nitrogens is 3. The van der Waals surface area contributed by atoms with Crippen LogP contribution in [0.25, 0.3) is 5.65 Å². The van der Waals surface area contributed by atoms with E-state index in [0.29, 0.717) is 5.75 Å². The molecule has 0 aromatic carbocycles. The van der Waals surface area contributed by atoms with Gasteiger partial charge in [-0.3, -0.25) is 9.20 Å². The molecule has 0 atom stereocenters. The number of hydrogen-bond acceptors (Lipinski definition) is 4. The van der Waals surface area contributed by atoms with Crippen LogP contribution in [0.5, 0.6) is 0 Å². The Morgan fingerprint density at radius 3 is 2.89 bits per heavy atom. The molecule has 0 saturated heterocycles. The predicted octanol–water partition coefficient (Wildman–Crippen LogP) is 2.13. The Kier molecular flexibility index (Phi) is 4.79. The minimum Gasteiger partial charge on any atom is -0.353 e. The second kappa shape index (κ2) is 6.56. The second-order valence-electron chi connectivity index (χ2n) is 4.28. The molecule has 0 unspecified atom stereocenters. The number of nitrogens with one attached hydrogen (secondary N) is 1. The second-order valence-corrected chi connectivity index (χ2v) is 5.22.